The van der Waals surface area contributed by atoms with Gasteiger partial charge in [0.2, 0.25) is 0 Å². The van der Waals surface area contributed by atoms with Gasteiger partial charge in [-0.1, -0.05) is 13.0 Å². The fourth-order valence-electron chi connectivity index (χ4n) is 2.89. The van der Waals surface area contributed by atoms with Crippen LogP contribution in [0.15, 0.2) is 23.2 Å². The van der Waals surface area contributed by atoms with Crippen LogP contribution in [-0.2, 0) is 6.42 Å². The van der Waals surface area contributed by atoms with Gasteiger partial charge in [0.1, 0.15) is 11.6 Å². The average Bonchev–Trinajstić information content (AvgIpc) is 2.96. The Morgan fingerprint density at radius 3 is 2.87 bits per heavy atom. The van der Waals surface area contributed by atoms with Crippen LogP contribution < -0.4 is 10.6 Å². The number of benzene rings is 1. The molecule has 0 bridgehead atoms. The molecule has 23 heavy (non-hydrogen) atoms. The zero-order valence-electron chi connectivity index (χ0n) is 13.7. The molecule has 0 aliphatic heterocycles. The van der Waals surface area contributed by atoms with E-state index in [-0.39, 0.29) is 0 Å². The van der Waals surface area contributed by atoms with Crippen LogP contribution in [0.25, 0.3) is 0 Å². The van der Waals surface area contributed by atoms with E-state index in [4.69, 9.17) is 0 Å². The molecule has 6 heteroatoms. The summed E-state index contributed by atoms with van der Waals surface area (Å²) in [6.07, 6.45) is 4.05. The molecule has 1 fully saturated rings. The van der Waals surface area contributed by atoms with E-state index in [1.807, 2.05) is 11.8 Å². The molecule has 1 aliphatic carbocycles. The summed E-state index contributed by atoms with van der Waals surface area (Å²) < 4.78 is 26.5. The van der Waals surface area contributed by atoms with Crippen molar-refractivity contribution in [2.45, 2.75) is 43.9 Å². The summed E-state index contributed by atoms with van der Waals surface area (Å²) in [5.41, 5.74) is 0.509. The minimum absolute atomic E-state index is 0.452. The lowest BCUT2D eigenvalue weighted by atomic mass is 10.1. The highest BCUT2D eigenvalue weighted by atomic mass is 32.2. The molecule has 1 aliphatic rings. The van der Waals surface area contributed by atoms with Gasteiger partial charge in [-0.2, -0.15) is 11.8 Å². The Kier molecular flexibility index (Phi) is 7.15. The summed E-state index contributed by atoms with van der Waals surface area (Å²) in [4.78, 5) is 4.22. The summed E-state index contributed by atoms with van der Waals surface area (Å²) in [5.74, 6) is 0.871. The van der Waals surface area contributed by atoms with Gasteiger partial charge in [0.05, 0.1) is 0 Å². The van der Waals surface area contributed by atoms with E-state index in [1.165, 1.54) is 18.6 Å². The highest BCUT2D eigenvalue weighted by Crippen LogP contribution is 2.29. The van der Waals surface area contributed by atoms with E-state index >= 15 is 0 Å². The number of halogens is 2. The molecule has 128 valence electrons. The molecule has 1 aromatic rings. The number of nitrogens with zero attached hydrogens (tertiary/aromatic N) is 1. The molecule has 0 heterocycles. The summed E-state index contributed by atoms with van der Waals surface area (Å²) in [6.45, 7) is 2.75. The fourth-order valence-corrected chi connectivity index (χ4v) is 4.03. The van der Waals surface area contributed by atoms with E-state index in [0.717, 1.165) is 35.9 Å². The van der Waals surface area contributed by atoms with Crippen LogP contribution in [-0.4, -0.2) is 36.6 Å². The molecule has 0 spiro atoms. The van der Waals surface area contributed by atoms with Crippen LogP contribution in [0, 0.1) is 11.6 Å². The molecular weight excluding hydrogens is 316 g/mol. The lowest BCUT2D eigenvalue weighted by molar-refractivity contribution is 0.569. The van der Waals surface area contributed by atoms with Crippen molar-refractivity contribution in [2.75, 3.05) is 19.3 Å². The van der Waals surface area contributed by atoms with Crippen molar-refractivity contribution >= 4 is 17.7 Å². The normalized spacial score (nSPS) is 21.5. The van der Waals surface area contributed by atoms with Gasteiger partial charge in [0, 0.05) is 31.0 Å². The van der Waals surface area contributed by atoms with Gasteiger partial charge < -0.3 is 10.6 Å². The van der Waals surface area contributed by atoms with Crippen molar-refractivity contribution in [3.63, 3.8) is 0 Å². The lowest BCUT2D eigenvalue weighted by Gasteiger charge is -2.17. The molecule has 1 saturated carbocycles. The summed E-state index contributed by atoms with van der Waals surface area (Å²) in [7, 11) is 1.74. The SMILES string of the molecule is CCSC1CCC(NC(=NC)NCCc2ccc(F)cc2F)C1. The average molecular weight is 341 g/mol. The third kappa shape index (κ3) is 5.68. The van der Waals surface area contributed by atoms with Gasteiger partial charge in [-0.05, 0) is 43.1 Å². The Morgan fingerprint density at radius 2 is 2.17 bits per heavy atom. The van der Waals surface area contributed by atoms with Gasteiger partial charge in [-0.3, -0.25) is 4.99 Å². The van der Waals surface area contributed by atoms with Crippen LogP contribution >= 0.6 is 11.8 Å². The number of guanidine groups is 1. The third-order valence-corrected chi connectivity index (χ3v) is 5.29. The van der Waals surface area contributed by atoms with Gasteiger partial charge in [-0.25, -0.2) is 8.78 Å². The first kappa shape index (κ1) is 18.0. The minimum atomic E-state index is -0.544. The Bertz CT molecular complexity index is 537. The molecule has 0 saturated heterocycles. The summed E-state index contributed by atoms with van der Waals surface area (Å²) >= 11 is 2.02. The minimum Gasteiger partial charge on any atom is -0.356 e. The molecule has 2 N–H and O–H groups in total. The quantitative estimate of drug-likeness (QED) is 0.615. The Labute approximate surface area is 141 Å². The van der Waals surface area contributed by atoms with E-state index in [9.17, 15) is 8.78 Å². The maximum absolute atomic E-state index is 13.6. The van der Waals surface area contributed by atoms with Crippen LogP contribution in [0.1, 0.15) is 31.7 Å². The van der Waals surface area contributed by atoms with Crippen molar-refractivity contribution < 1.29 is 8.78 Å². The number of aliphatic imine (C=N–C) groups is 1. The van der Waals surface area contributed by atoms with Crippen LogP contribution in [0.2, 0.25) is 0 Å². The summed E-state index contributed by atoms with van der Waals surface area (Å²) in [6, 6.07) is 4.15. The van der Waals surface area contributed by atoms with Crippen molar-refractivity contribution in [2.24, 2.45) is 4.99 Å². The van der Waals surface area contributed by atoms with E-state index in [1.54, 1.807) is 7.05 Å². The van der Waals surface area contributed by atoms with Crippen molar-refractivity contribution in [1.29, 1.82) is 0 Å². The second kappa shape index (κ2) is 9.11. The van der Waals surface area contributed by atoms with Gasteiger partial charge in [-0.15, -0.1) is 0 Å². The highest BCUT2D eigenvalue weighted by molar-refractivity contribution is 7.99. The van der Waals surface area contributed by atoms with E-state index in [2.05, 4.69) is 22.5 Å². The van der Waals surface area contributed by atoms with Crippen LogP contribution in [0.3, 0.4) is 0 Å². The first-order chi connectivity index (χ1) is 11.1. The van der Waals surface area contributed by atoms with Crippen molar-refractivity contribution in [3.05, 3.63) is 35.4 Å². The molecule has 2 atom stereocenters. The zero-order chi connectivity index (χ0) is 16.7. The van der Waals surface area contributed by atoms with Gasteiger partial charge >= 0.3 is 0 Å². The van der Waals surface area contributed by atoms with E-state index in [0.29, 0.717) is 24.6 Å². The standard InChI is InChI=1S/C17H25F2N3S/c1-3-23-15-7-6-14(11-15)22-17(20-2)21-9-8-12-4-5-13(18)10-16(12)19/h4-5,10,14-15H,3,6-9,11H2,1-2H3,(H2,20,21,22). The lowest BCUT2D eigenvalue weighted by Crippen LogP contribution is -2.43. The number of rotatable bonds is 6. The molecule has 0 amide bonds. The van der Waals surface area contributed by atoms with Gasteiger partial charge in [0.15, 0.2) is 5.96 Å². The van der Waals surface area contributed by atoms with Crippen molar-refractivity contribution in [3.8, 4) is 0 Å². The monoisotopic (exact) mass is 341 g/mol. The van der Waals surface area contributed by atoms with Crippen LogP contribution in [0.4, 0.5) is 8.78 Å². The molecule has 2 rings (SSSR count). The largest absolute Gasteiger partial charge is 0.356 e. The van der Waals surface area contributed by atoms with E-state index < -0.39 is 11.6 Å². The fraction of sp³-hybridized carbons (Fsp3) is 0.588. The number of nitrogens with one attached hydrogen (secondary N) is 2. The van der Waals surface area contributed by atoms with Crippen LogP contribution in [0.5, 0.6) is 0 Å². The molecule has 3 nitrogen and oxygen atoms in total. The number of hydrogen-bond donors (Lipinski definition) is 2. The highest BCUT2D eigenvalue weighted by Gasteiger charge is 2.24. The molecule has 1 aromatic carbocycles. The smallest absolute Gasteiger partial charge is 0.191 e. The molecule has 0 aromatic heterocycles. The Balaban J connectivity index is 1.75. The second-order valence-electron chi connectivity index (χ2n) is 5.72. The van der Waals surface area contributed by atoms with Gasteiger partial charge in [0.25, 0.3) is 0 Å². The zero-order valence-corrected chi connectivity index (χ0v) is 14.6. The molecule has 0 radical (unpaired) electrons. The topological polar surface area (TPSA) is 36.4 Å². The number of thioether (sulfide) groups is 1. The predicted octanol–water partition coefficient (Wildman–Crippen LogP) is 3.35. The predicted molar refractivity (Wildman–Crippen MR) is 94.1 cm³/mol. The molecular formula is C17H25F2N3S. The maximum atomic E-state index is 13.6. The second-order valence-corrected chi connectivity index (χ2v) is 7.29. The summed E-state index contributed by atoms with van der Waals surface area (Å²) in [5, 5.41) is 7.38. The maximum Gasteiger partial charge on any atom is 0.191 e. The number of hydrogen-bond acceptors (Lipinski definition) is 2. The Morgan fingerprint density at radius 1 is 1.35 bits per heavy atom. The first-order valence-corrected chi connectivity index (χ1v) is 9.20. The first-order valence-electron chi connectivity index (χ1n) is 8.15. The van der Waals surface area contributed by atoms with Crippen molar-refractivity contribution in [1.82, 2.24) is 10.6 Å². The molecule has 2 unspecified atom stereocenters. The Hall–Kier alpha value is -1.30. The third-order valence-electron chi connectivity index (χ3n) is 4.05.